The fourth-order valence-corrected chi connectivity index (χ4v) is 1.34. The van der Waals surface area contributed by atoms with E-state index < -0.39 is 0 Å². The lowest BCUT2D eigenvalue weighted by Crippen LogP contribution is -2.08. The molecule has 2 aromatic rings. The normalized spacial score (nSPS) is 10.7. The van der Waals surface area contributed by atoms with Gasteiger partial charge >= 0.3 is 0 Å². The van der Waals surface area contributed by atoms with Gasteiger partial charge in [0.25, 0.3) is 0 Å². The summed E-state index contributed by atoms with van der Waals surface area (Å²) in [4.78, 5) is 8.22. The van der Waals surface area contributed by atoms with Gasteiger partial charge in [0.2, 0.25) is 0 Å². The fraction of sp³-hybridized carbons (Fsp3) is 0.333. The van der Waals surface area contributed by atoms with Crippen molar-refractivity contribution in [3.05, 3.63) is 36.4 Å². The van der Waals surface area contributed by atoms with Gasteiger partial charge in [0, 0.05) is 31.8 Å². The number of imidazole rings is 2. The highest BCUT2D eigenvalue weighted by Crippen LogP contribution is 2.02. The summed E-state index contributed by atoms with van der Waals surface area (Å²) < 4.78 is 3.82. The molecule has 0 saturated heterocycles. The molecule has 2 aromatic heterocycles. The Kier molecular flexibility index (Phi) is 2.32. The first-order chi connectivity index (χ1) is 6.81. The Morgan fingerprint density at radius 1 is 1.21 bits per heavy atom. The van der Waals surface area contributed by atoms with Crippen LogP contribution < -0.4 is 0 Å². The predicted octanol–water partition coefficient (Wildman–Crippen LogP) is 0.157. The van der Waals surface area contributed by atoms with Crippen LogP contribution in [-0.2, 0) is 20.2 Å². The average molecular weight is 192 g/mol. The van der Waals surface area contributed by atoms with E-state index in [9.17, 15) is 0 Å². The summed E-state index contributed by atoms with van der Waals surface area (Å²) >= 11 is 0. The highest BCUT2D eigenvalue weighted by atomic mass is 16.3. The summed E-state index contributed by atoms with van der Waals surface area (Å²) in [7, 11) is 1.94. The van der Waals surface area contributed by atoms with Gasteiger partial charge in [-0.1, -0.05) is 0 Å². The summed E-state index contributed by atoms with van der Waals surface area (Å²) in [5.74, 6) is 1.60. The molecule has 5 nitrogen and oxygen atoms in total. The molecule has 5 heteroatoms. The largest absolute Gasteiger partial charge is 0.388 e. The minimum absolute atomic E-state index is 0.0442. The van der Waals surface area contributed by atoms with Crippen LogP contribution in [0.4, 0.5) is 0 Å². The molecule has 0 radical (unpaired) electrons. The van der Waals surface area contributed by atoms with Gasteiger partial charge in [-0.15, -0.1) is 0 Å². The predicted molar refractivity (Wildman–Crippen MR) is 50.5 cm³/mol. The van der Waals surface area contributed by atoms with Gasteiger partial charge in [-0.25, -0.2) is 9.97 Å². The number of hydrogen-bond donors (Lipinski definition) is 1. The molecular formula is C9H12N4O. The summed E-state index contributed by atoms with van der Waals surface area (Å²) in [5.41, 5.74) is 0. The van der Waals surface area contributed by atoms with Crippen molar-refractivity contribution in [3.63, 3.8) is 0 Å². The van der Waals surface area contributed by atoms with Crippen LogP contribution in [0.2, 0.25) is 0 Å². The maximum atomic E-state index is 8.99. The van der Waals surface area contributed by atoms with Gasteiger partial charge in [0.15, 0.2) is 0 Å². The van der Waals surface area contributed by atoms with Crippen LogP contribution in [0.5, 0.6) is 0 Å². The molecule has 1 N–H and O–H groups in total. The van der Waals surface area contributed by atoms with E-state index in [1.165, 1.54) is 0 Å². The number of rotatable bonds is 3. The highest BCUT2D eigenvalue weighted by molar-refractivity contribution is 4.98. The quantitative estimate of drug-likeness (QED) is 0.753. The van der Waals surface area contributed by atoms with E-state index >= 15 is 0 Å². The van der Waals surface area contributed by atoms with Crippen molar-refractivity contribution >= 4 is 0 Å². The fourth-order valence-electron chi connectivity index (χ4n) is 1.34. The van der Waals surface area contributed by atoms with Gasteiger partial charge in [-0.3, -0.25) is 0 Å². The highest BCUT2D eigenvalue weighted by Gasteiger charge is 2.04. The van der Waals surface area contributed by atoms with Crippen molar-refractivity contribution in [2.45, 2.75) is 13.2 Å². The number of aliphatic hydroxyl groups excluding tert-OH is 1. The number of nitrogens with zero attached hydrogens (tertiary/aromatic N) is 4. The SMILES string of the molecule is Cn1ccnc1Cn1ccnc1CO. The zero-order chi connectivity index (χ0) is 9.97. The zero-order valence-electron chi connectivity index (χ0n) is 7.96. The molecule has 0 aliphatic carbocycles. The molecule has 0 aromatic carbocycles. The van der Waals surface area contributed by atoms with E-state index in [0.29, 0.717) is 12.4 Å². The van der Waals surface area contributed by atoms with Crippen molar-refractivity contribution in [1.82, 2.24) is 19.1 Å². The van der Waals surface area contributed by atoms with Crippen LogP contribution in [0.15, 0.2) is 24.8 Å². The van der Waals surface area contributed by atoms with Gasteiger partial charge in [0.1, 0.15) is 18.3 Å². The van der Waals surface area contributed by atoms with Crippen LogP contribution >= 0.6 is 0 Å². The molecule has 0 atom stereocenters. The third kappa shape index (κ3) is 1.54. The van der Waals surface area contributed by atoms with Crippen LogP contribution in [0.1, 0.15) is 11.6 Å². The van der Waals surface area contributed by atoms with Crippen molar-refractivity contribution < 1.29 is 5.11 Å². The number of aryl methyl sites for hydroxylation is 1. The van der Waals surface area contributed by atoms with Crippen molar-refractivity contribution in [3.8, 4) is 0 Å². The molecule has 2 rings (SSSR count). The van der Waals surface area contributed by atoms with Gasteiger partial charge < -0.3 is 14.2 Å². The maximum absolute atomic E-state index is 8.99. The van der Waals surface area contributed by atoms with Crippen LogP contribution in [0.3, 0.4) is 0 Å². The van der Waals surface area contributed by atoms with Crippen molar-refractivity contribution in [2.24, 2.45) is 7.05 Å². The minimum atomic E-state index is -0.0442. The molecule has 2 heterocycles. The summed E-state index contributed by atoms with van der Waals surface area (Å²) in [6, 6.07) is 0. The maximum Gasteiger partial charge on any atom is 0.134 e. The van der Waals surface area contributed by atoms with Crippen LogP contribution in [0.25, 0.3) is 0 Å². The monoisotopic (exact) mass is 192 g/mol. The molecule has 0 aliphatic heterocycles. The lowest BCUT2D eigenvalue weighted by atomic mass is 10.5. The standard InChI is InChI=1S/C9H12N4O/c1-12-4-2-10-8(12)6-13-5-3-11-9(13)7-14/h2-5,14H,6-7H2,1H3. The Hall–Kier alpha value is -1.62. The summed E-state index contributed by atoms with van der Waals surface area (Å²) in [5, 5.41) is 8.99. The molecule has 0 amide bonds. The van der Waals surface area contributed by atoms with E-state index in [1.54, 1.807) is 12.4 Å². The van der Waals surface area contributed by atoms with Crippen molar-refractivity contribution in [2.75, 3.05) is 0 Å². The van der Waals surface area contributed by atoms with E-state index in [-0.39, 0.29) is 6.61 Å². The van der Waals surface area contributed by atoms with E-state index in [4.69, 9.17) is 5.11 Å². The van der Waals surface area contributed by atoms with Crippen LogP contribution in [-0.4, -0.2) is 24.2 Å². The Bertz CT molecular complexity index is 418. The third-order valence-corrected chi connectivity index (χ3v) is 2.18. The van der Waals surface area contributed by atoms with Crippen molar-refractivity contribution in [1.29, 1.82) is 0 Å². The molecule has 0 unspecified atom stereocenters. The minimum Gasteiger partial charge on any atom is -0.388 e. The second-order valence-corrected chi connectivity index (χ2v) is 3.08. The van der Waals surface area contributed by atoms with E-state index in [1.807, 2.05) is 28.6 Å². The van der Waals surface area contributed by atoms with E-state index in [2.05, 4.69) is 9.97 Å². The first-order valence-corrected chi connectivity index (χ1v) is 4.38. The Balaban J connectivity index is 2.22. The Morgan fingerprint density at radius 3 is 2.57 bits per heavy atom. The van der Waals surface area contributed by atoms with E-state index in [0.717, 1.165) is 5.82 Å². The second kappa shape index (κ2) is 3.63. The molecule has 0 saturated carbocycles. The molecule has 74 valence electrons. The average Bonchev–Trinajstić information content (AvgIpc) is 2.77. The Labute approximate surface area is 81.7 Å². The molecule has 14 heavy (non-hydrogen) atoms. The smallest absolute Gasteiger partial charge is 0.134 e. The van der Waals surface area contributed by atoms with Crippen LogP contribution in [0, 0.1) is 0 Å². The number of aromatic nitrogens is 4. The molecule has 0 spiro atoms. The molecule has 0 aliphatic rings. The number of hydrogen-bond acceptors (Lipinski definition) is 3. The summed E-state index contributed by atoms with van der Waals surface area (Å²) in [6.07, 6.45) is 7.16. The summed E-state index contributed by atoms with van der Waals surface area (Å²) in [6.45, 7) is 0.594. The second-order valence-electron chi connectivity index (χ2n) is 3.08. The third-order valence-electron chi connectivity index (χ3n) is 2.18. The first kappa shape index (κ1) is 8.96. The van der Waals surface area contributed by atoms with Gasteiger partial charge in [-0.2, -0.15) is 0 Å². The molecule has 0 fully saturated rings. The van der Waals surface area contributed by atoms with Gasteiger partial charge in [0.05, 0.1) is 6.54 Å². The lowest BCUT2D eigenvalue weighted by Gasteiger charge is -2.05. The first-order valence-electron chi connectivity index (χ1n) is 4.38. The lowest BCUT2D eigenvalue weighted by molar-refractivity contribution is 0.266. The Morgan fingerprint density at radius 2 is 1.93 bits per heavy atom. The molecule has 0 bridgehead atoms. The number of aliphatic hydroxyl groups is 1. The topological polar surface area (TPSA) is 55.9 Å². The van der Waals surface area contributed by atoms with Gasteiger partial charge in [-0.05, 0) is 0 Å². The molecular weight excluding hydrogens is 180 g/mol. The zero-order valence-corrected chi connectivity index (χ0v) is 7.96.